The van der Waals surface area contributed by atoms with E-state index in [9.17, 15) is 9.59 Å². The molecule has 0 spiro atoms. The fourth-order valence-electron chi connectivity index (χ4n) is 1.74. The van der Waals surface area contributed by atoms with E-state index in [2.05, 4.69) is 26.1 Å². The Hall–Kier alpha value is -1.84. The maximum absolute atomic E-state index is 12.0. The number of hydrogen-bond acceptors (Lipinski definition) is 2. The second-order valence-electron chi connectivity index (χ2n) is 5.66. The van der Waals surface area contributed by atoms with Gasteiger partial charge in [-0.25, -0.2) is 0 Å². The van der Waals surface area contributed by atoms with E-state index >= 15 is 0 Å². The van der Waals surface area contributed by atoms with E-state index in [0.717, 1.165) is 5.56 Å². The molecular formula is C15H22N2O2. The van der Waals surface area contributed by atoms with Gasteiger partial charge in [0.2, 0.25) is 5.91 Å². The molecule has 0 unspecified atom stereocenters. The lowest BCUT2D eigenvalue weighted by Gasteiger charge is -2.19. The van der Waals surface area contributed by atoms with Crippen LogP contribution in [0.4, 0.5) is 0 Å². The summed E-state index contributed by atoms with van der Waals surface area (Å²) in [6.45, 7) is 8.14. The van der Waals surface area contributed by atoms with Gasteiger partial charge in [-0.3, -0.25) is 9.59 Å². The largest absolute Gasteiger partial charge is 0.368 e. The summed E-state index contributed by atoms with van der Waals surface area (Å²) in [5.74, 6) is -0.784. The van der Waals surface area contributed by atoms with E-state index in [1.807, 2.05) is 12.1 Å². The van der Waals surface area contributed by atoms with E-state index in [1.165, 1.54) is 0 Å². The number of carbonyl (C=O) groups is 2. The molecule has 0 aromatic heterocycles. The van der Waals surface area contributed by atoms with Gasteiger partial charge in [-0.05, 0) is 29.5 Å². The monoisotopic (exact) mass is 262 g/mol. The number of benzene rings is 1. The standard InChI is InChI=1S/C15H22N2O2/c1-5-12(13(16)18)17-14(19)10-6-8-11(9-7-10)15(2,3)4/h6-9,12H,5H2,1-4H3,(H2,16,18)(H,17,19)/t12-/m0/s1. The average molecular weight is 262 g/mol. The minimum Gasteiger partial charge on any atom is -0.368 e. The zero-order valence-corrected chi connectivity index (χ0v) is 12.0. The Morgan fingerprint density at radius 2 is 1.74 bits per heavy atom. The smallest absolute Gasteiger partial charge is 0.251 e. The van der Waals surface area contributed by atoms with E-state index in [4.69, 9.17) is 5.73 Å². The lowest BCUT2D eigenvalue weighted by Crippen LogP contribution is -2.43. The van der Waals surface area contributed by atoms with Crippen molar-refractivity contribution in [3.05, 3.63) is 35.4 Å². The number of nitrogens with one attached hydrogen (secondary N) is 1. The highest BCUT2D eigenvalue weighted by Crippen LogP contribution is 2.22. The number of primary amides is 1. The van der Waals surface area contributed by atoms with Crippen molar-refractivity contribution in [2.24, 2.45) is 5.73 Å². The maximum atomic E-state index is 12.0. The molecule has 1 aromatic rings. The Kier molecular flexibility index (Phi) is 4.70. The number of carbonyl (C=O) groups excluding carboxylic acids is 2. The molecule has 3 N–H and O–H groups in total. The van der Waals surface area contributed by atoms with Gasteiger partial charge in [-0.1, -0.05) is 39.8 Å². The molecule has 0 aliphatic rings. The average Bonchev–Trinajstić information content (AvgIpc) is 2.34. The second kappa shape index (κ2) is 5.87. The molecule has 4 heteroatoms. The predicted molar refractivity (Wildman–Crippen MR) is 75.9 cm³/mol. The van der Waals surface area contributed by atoms with Crippen molar-refractivity contribution in [3.63, 3.8) is 0 Å². The van der Waals surface area contributed by atoms with E-state index in [1.54, 1.807) is 19.1 Å². The molecule has 2 amide bonds. The van der Waals surface area contributed by atoms with E-state index in [-0.39, 0.29) is 11.3 Å². The molecule has 0 saturated heterocycles. The van der Waals surface area contributed by atoms with Gasteiger partial charge in [0.1, 0.15) is 6.04 Å². The van der Waals surface area contributed by atoms with Crippen molar-refractivity contribution in [2.45, 2.75) is 45.6 Å². The van der Waals surface area contributed by atoms with Gasteiger partial charge in [0.15, 0.2) is 0 Å². The Morgan fingerprint density at radius 1 is 1.21 bits per heavy atom. The van der Waals surface area contributed by atoms with Crippen LogP contribution in [-0.4, -0.2) is 17.9 Å². The Labute approximate surface area is 114 Å². The summed E-state index contributed by atoms with van der Waals surface area (Å²) in [6.07, 6.45) is 0.487. The van der Waals surface area contributed by atoms with Crippen molar-refractivity contribution in [1.29, 1.82) is 0 Å². The summed E-state index contributed by atoms with van der Waals surface area (Å²) in [4.78, 5) is 23.1. The predicted octanol–water partition coefficient (Wildman–Crippen LogP) is 1.98. The van der Waals surface area contributed by atoms with Crippen molar-refractivity contribution in [2.75, 3.05) is 0 Å². The van der Waals surface area contributed by atoms with E-state index < -0.39 is 11.9 Å². The quantitative estimate of drug-likeness (QED) is 0.870. The van der Waals surface area contributed by atoms with Crippen molar-refractivity contribution < 1.29 is 9.59 Å². The number of nitrogens with two attached hydrogens (primary N) is 1. The van der Waals surface area contributed by atoms with Crippen LogP contribution in [0.25, 0.3) is 0 Å². The first kappa shape index (κ1) is 15.2. The van der Waals surface area contributed by atoms with Crippen LogP contribution in [0.2, 0.25) is 0 Å². The van der Waals surface area contributed by atoms with Crippen molar-refractivity contribution >= 4 is 11.8 Å². The maximum Gasteiger partial charge on any atom is 0.251 e. The summed E-state index contributed by atoms with van der Waals surface area (Å²) >= 11 is 0. The van der Waals surface area contributed by atoms with Gasteiger partial charge in [0.25, 0.3) is 5.91 Å². The Balaban J connectivity index is 2.81. The first-order valence-corrected chi connectivity index (χ1v) is 6.46. The summed E-state index contributed by atoms with van der Waals surface area (Å²) in [7, 11) is 0. The van der Waals surface area contributed by atoms with Crippen molar-refractivity contribution in [3.8, 4) is 0 Å². The van der Waals surface area contributed by atoms with Crippen LogP contribution in [0.3, 0.4) is 0 Å². The second-order valence-corrected chi connectivity index (χ2v) is 5.66. The van der Waals surface area contributed by atoms with Crippen LogP contribution in [0, 0.1) is 0 Å². The summed E-state index contributed by atoms with van der Waals surface area (Å²) in [5.41, 5.74) is 6.94. The molecule has 1 aromatic carbocycles. The molecule has 0 bridgehead atoms. The van der Waals surface area contributed by atoms with Crippen LogP contribution < -0.4 is 11.1 Å². The molecule has 19 heavy (non-hydrogen) atoms. The molecule has 0 aliphatic carbocycles. The first-order chi connectivity index (χ1) is 8.75. The highest BCUT2D eigenvalue weighted by molar-refractivity contribution is 5.97. The molecule has 0 fully saturated rings. The first-order valence-electron chi connectivity index (χ1n) is 6.46. The summed E-state index contributed by atoms with van der Waals surface area (Å²) in [5, 5.41) is 2.63. The zero-order chi connectivity index (χ0) is 14.6. The van der Waals surface area contributed by atoms with Crippen LogP contribution in [0.5, 0.6) is 0 Å². The third kappa shape index (κ3) is 4.09. The number of rotatable bonds is 4. The zero-order valence-electron chi connectivity index (χ0n) is 12.0. The van der Waals surface area contributed by atoms with E-state index in [0.29, 0.717) is 12.0 Å². The van der Waals surface area contributed by atoms with Gasteiger partial charge in [-0.2, -0.15) is 0 Å². The van der Waals surface area contributed by atoms with Crippen molar-refractivity contribution in [1.82, 2.24) is 5.32 Å². The minimum absolute atomic E-state index is 0.0498. The number of amides is 2. The van der Waals surface area contributed by atoms with Gasteiger partial charge in [-0.15, -0.1) is 0 Å². The third-order valence-corrected chi connectivity index (χ3v) is 3.07. The fourth-order valence-corrected chi connectivity index (χ4v) is 1.74. The molecule has 1 atom stereocenters. The Morgan fingerprint density at radius 3 is 2.11 bits per heavy atom. The van der Waals surface area contributed by atoms with Gasteiger partial charge < -0.3 is 11.1 Å². The SMILES string of the molecule is CC[C@H](NC(=O)c1ccc(C(C)(C)C)cc1)C(N)=O. The highest BCUT2D eigenvalue weighted by atomic mass is 16.2. The fraction of sp³-hybridized carbons (Fsp3) is 0.467. The summed E-state index contributed by atoms with van der Waals surface area (Å²) in [6, 6.07) is 6.78. The lowest BCUT2D eigenvalue weighted by atomic mass is 9.86. The van der Waals surface area contributed by atoms with Crippen LogP contribution in [-0.2, 0) is 10.2 Å². The van der Waals surface area contributed by atoms with Crippen LogP contribution in [0.1, 0.15) is 50.0 Å². The van der Waals surface area contributed by atoms with Gasteiger partial charge in [0, 0.05) is 5.56 Å². The van der Waals surface area contributed by atoms with Gasteiger partial charge in [0.05, 0.1) is 0 Å². The van der Waals surface area contributed by atoms with Gasteiger partial charge >= 0.3 is 0 Å². The molecule has 0 radical (unpaired) electrons. The lowest BCUT2D eigenvalue weighted by molar-refractivity contribution is -0.119. The highest BCUT2D eigenvalue weighted by Gasteiger charge is 2.18. The molecule has 1 rings (SSSR count). The normalized spacial score (nSPS) is 12.8. The molecule has 104 valence electrons. The molecule has 0 heterocycles. The number of hydrogen-bond donors (Lipinski definition) is 2. The Bertz CT molecular complexity index is 458. The van der Waals surface area contributed by atoms with Crippen LogP contribution >= 0.6 is 0 Å². The third-order valence-electron chi connectivity index (χ3n) is 3.07. The van der Waals surface area contributed by atoms with Crippen LogP contribution in [0.15, 0.2) is 24.3 Å². The summed E-state index contributed by atoms with van der Waals surface area (Å²) < 4.78 is 0. The molecule has 4 nitrogen and oxygen atoms in total. The molecule has 0 aliphatic heterocycles. The minimum atomic E-state index is -0.616. The molecular weight excluding hydrogens is 240 g/mol. The molecule has 0 saturated carbocycles. The topological polar surface area (TPSA) is 72.2 Å².